The zero-order chi connectivity index (χ0) is 13.4. The number of nitrogens with two attached hydrogens (primary N) is 1. The second kappa shape index (κ2) is 4.76. The standard InChI is InChI=1S/C11H8BrClN6/c12-7-2-1-3-8(4-7)18-10-9(5-17-18)11(19(13)14)16-6-15-10/h1-6H,14H2. The number of hydrazine groups is 1. The molecule has 0 fully saturated rings. The fourth-order valence-electron chi connectivity index (χ4n) is 1.80. The molecule has 0 radical (unpaired) electrons. The van der Waals surface area contributed by atoms with Crippen LogP contribution in [0.4, 0.5) is 5.82 Å². The molecule has 0 unspecified atom stereocenters. The largest absolute Gasteiger partial charge is 0.231 e. The van der Waals surface area contributed by atoms with Gasteiger partial charge in [-0.3, -0.25) is 0 Å². The van der Waals surface area contributed by atoms with E-state index in [0.29, 0.717) is 16.9 Å². The Morgan fingerprint density at radius 1 is 1.32 bits per heavy atom. The number of hydrogen-bond donors (Lipinski definition) is 1. The highest BCUT2D eigenvalue weighted by Gasteiger charge is 2.13. The number of rotatable bonds is 2. The van der Waals surface area contributed by atoms with Crippen LogP contribution in [0, 0.1) is 0 Å². The van der Waals surface area contributed by atoms with Gasteiger partial charge >= 0.3 is 0 Å². The number of fused-ring (bicyclic) bond motifs is 1. The monoisotopic (exact) mass is 338 g/mol. The van der Waals surface area contributed by atoms with Gasteiger partial charge in [-0.15, -0.1) is 0 Å². The van der Waals surface area contributed by atoms with Crippen molar-refractivity contribution >= 4 is 44.6 Å². The first-order chi connectivity index (χ1) is 9.16. The van der Waals surface area contributed by atoms with Gasteiger partial charge in [0.2, 0.25) is 0 Å². The van der Waals surface area contributed by atoms with Crippen molar-refractivity contribution in [2.75, 3.05) is 4.53 Å². The van der Waals surface area contributed by atoms with Crippen molar-refractivity contribution in [1.82, 2.24) is 19.7 Å². The Morgan fingerprint density at radius 3 is 2.89 bits per heavy atom. The molecule has 0 aliphatic carbocycles. The van der Waals surface area contributed by atoms with E-state index in [-0.39, 0.29) is 0 Å². The van der Waals surface area contributed by atoms with Gasteiger partial charge in [0.1, 0.15) is 6.33 Å². The van der Waals surface area contributed by atoms with Gasteiger partial charge in [-0.25, -0.2) is 25.0 Å². The molecular weight excluding hydrogens is 332 g/mol. The van der Waals surface area contributed by atoms with E-state index in [1.165, 1.54) is 6.33 Å². The second-order valence-corrected chi connectivity index (χ2v) is 5.06. The number of benzene rings is 1. The maximum absolute atomic E-state index is 5.74. The summed E-state index contributed by atoms with van der Waals surface area (Å²) in [5.74, 6) is 5.93. The predicted octanol–water partition coefficient (Wildman–Crippen LogP) is 2.41. The summed E-state index contributed by atoms with van der Waals surface area (Å²) in [5, 5.41) is 4.98. The van der Waals surface area contributed by atoms with Crippen molar-refractivity contribution in [3.63, 3.8) is 0 Å². The predicted molar refractivity (Wildman–Crippen MR) is 76.9 cm³/mol. The number of hydrogen-bond acceptors (Lipinski definition) is 5. The van der Waals surface area contributed by atoms with Crippen molar-refractivity contribution in [3.05, 3.63) is 41.3 Å². The van der Waals surface area contributed by atoms with Crippen LogP contribution in [0.5, 0.6) is 0 Å². The van der Waals surface area contributed by atoms with Gasteiger partial charge in [-0.05, 0) is 18.2 Å². The van der Waals surface area contributed by atoms with Crippen LogP contribution in [0.25, 0.3) is 16.7 Å². The summed E-state index contributed by atoms with van der Waals surface area (Å²) in [6.07, 6.45) is 3.03. The van der Waals surface area contributed by atoms with Crippen molar-refractivity contribution in [1.29, 1.82) is 0 Å². The SMILES string of the molecule is NN(Cl)c1ncnc2c1cnn2-c1cccc(Br)c1. The third kappa shape index (κ3) is 2.16. The Hall–Kier alpha value is -1.70. The zero-order valence-corrected chi connectivity index (χ0v) is 11.9. The molecule has 0 saturated carbocycles. The molecule has 96 valence electrons. The minimum absolute atomic E-state index is 0.410. The zero-order valence-electron chi connectivity index (χ0n) is 9.53. The van der Waals surface area contributed by atoms with Crippen molar-refractivity contribution in [2.24, 2.45) is 5.84 Å². The Kier molecular flexibility index (Phi) is 3.09. The van der Waals surface area contributed by atoms with Gasteiger partial charge in [-0.1, -0.05) is 22.0 Å². The van der Waals surface area contributed by atoms with Crippen LogP contribution in [-0.4, -0.2) is 19.7 Å². The van der Waals surface area contributed by atoms with Crippen molar-refractivity contribution in [2.45, 2.75) is 0 Å². The van der Waals surface area contributed by atoms with Crippen LogP contribution < -0.4 is 10.4 Å². The third-order valence-corrected chi connectivity index (χ3v) is 3.25. The summed E-state index contributed by atoms with van der Waals surface area (Å²) >= 11 is 9.17. The number of nitrogens with zero attached hydrogens (tertiary/aromatic N) is 5. The fourth-order valence-corrected chi connectivity index (χ4v) is 2.32. The maximum Gasteiger partial charge on any atom is 0.173 e. The van der Waals surface area contributed by atoms with E-state index < -0.39 is 0 Å². The van der Waals surface area contributed by atoms with Gasteiger partial charge in [-0.2, -0.15) is 5.10 Å². The van der Waals surface area contributed by atoms with E-state index in [4.69, 9.17) is 17.6 Å². The van der Waals surface area contributed by atoms with E-state index in [1.807, 2.05) is 24.3 Å². The number of halogens is 2. The fraction of sp³-hybridized carbons (Fsp3) is 0. The molecule has 0 bridgehead atoms. The molecule has 0 spiro atoms. The van der Waals surface area contributed by atoms with Crippen LogP contribution in [0.3, 0.4) is 0 Å². The molecule has 19 heavy (non-hydrogen) atoms. The van der Waals surface area contributed by atoms with E-state index in [0.717, 1.165) is 14.7 Å². The quantitative estimate of drug-likeness (QED) is 0.441. The molecule has 0 aliphatic rings. The lowest BCUT2D eigenvalue weighted by atomic mass is 10.3. The molecule has 0 atom stereocenters. The summed E-state index contributed by atoms with van der Waals surface area (Å²) in [6, 6.07) is 7.73. The summed E-state index contributed by atoms with van der Waals surface area (Å²) in [5.41, 5.74) is 1.52. The Bertz CT molecular complexity index is 741. The first-order valence-corrected chi connectivity index (χ1v) is 6.45. The molecule has 0 aliphatic heterocycles. The van der Waals surface area contributed by atoms with Crippen LogP contribution in [-0.2, 0) is 0 Å². The smallest absolute Gasteiger partial charge is 0.173 e. The van der Waals surface area contributed by atoms with Crippen LogP contribution in [0.1, 0.15) is 0 Å². The Labute approximate surface area is 122 Å². The molecule has 2 heterocycles. The highest BCUT2D eigenvalue weighted by atomic mass is 79.9. The van der Waals surface area contributed by atoms with E-state index in [1.54, 1.807) is 10.9 Å². The lowest BCUT2D eigenvalue weighted by molar-refractivity contribution is 0.894. The molecule has 8 heteroatoms. The van der Waals surface area contributed by atoms with Gasteiger partial charge in [0.25, 0.3) is 0 Å². The van der Waals surface area contributed by atoms with Crippen molar-refractivity contribution < 1.29 is 0 Å². The van der Waals surface area contributed by atoms with Gasteiger partial charge in [0.05, 0.1) is 17.3 Å². The highest BCUT2D eigenvalue weighted by molar-refractivity contribution is 9.10. The van der Waals surface area contributed by atoms with Crippen LogP contribution in [0.2, 0.25) is 0 Å². The minimum Gasteiger partial charge on any atom is -0.231 e. The Morgan fingerprint density at radius 2 is 2.16 bits per heavy atom. The molecule has 2 N–H and O–H groups in total. The topological polar surface area (TPSA) is 72.9 Å². The lowest BCUT2D eigenvalue weighted by Crippen LogP contribution is -2.19. The molecule has 3 rings (SSSR count). The molecule has 0 saturated heterocycles. The minimum atomic E-state index is 0.410. The molecule has 1 aromatic carbocycles. The average molecular weight is 340 g/mol. The highest BCUT2D eigenvalue weighted by Crippen LogP contribution is 2.24. The van der Waals surface area contributed by atoms with Gasteiger partial charge < -0.3 is 0 Å². The van der Waals surface area contributed by atoms with E-state index in [2.05, 4.69) is 31.0 Å². The second-order valence-electron chi connectivity index (χ2n) is 3.78. The number of aromatic nitrogens is 4. The number of anilines is 1. The van der Waals surface area contributed by atoms with E-state index >= 15 is 0 Å². The summed E-state index contributed by atoms with van der Waals surface area (Å²) in [6.45, 7) is 0. The first kappa shape index (κ1) is 12.3. The lowest BCUT2D eigenvalue weighted by Gasteiger charge is -2.08. The average Bonchev–Trinajstić information content (AvgIpc) is 2.82. The normalized spacial score (nSPS) is 10.9. The molecule has 6 nitrogen and oxygen atoms in total. The molecule has 2 aromatic heterocycles. The van der Waals surface area contributed by atoms with Crippen LogP contribution in [0.15, 0.2) is 41.3 Å². The van der Waals surface area contributed by atoms with Gasteiger partial charge in [0, 0.05) is 16.2 Å². The first-order valence-electron chi connectivity index (χ1n) is 5.32. The van der Waals surface area contributed by atoms with Crippen molar-refractivity contribution in [3.8, 4) is 5.69 Å². The van der Waals surface area contributed by atoms with Crippen LogP contribution >= 0.6 is 27.7 Å². The van der Waals surface area contributed by atoms with Gasteiger partial charge in [0.15, 0.2) is 11.5 Å². The molecule has 0 amide bonds. The summed E-state index contributed by atoms with van der Waals surface area (Å²) < 4.78 is 3.59. The van der Waals surface area contributed by atoms with E-state index in [9.17, 15) is 0 Å². The maximum atomic E-state index is 5.74. The third-order valence-electron chi connectivity index (χ3n) is 2.60. The summed E-state index contributed by atoms with van der Waals surface area (Å²) in [4.78, 5) is 8.25. The summed E-state index contributed by atoms with van der Waals surface area (Å²) in [7, 11) is 0. The molecule has 3 aromatic rings. The molecular formula is C11H8BrClN6. The Balaban J connectivity index is 2.24.